The van der Waals surface area contributed by atoms with Gasteiger partial charge in [-0.2, -0.15) is 0 Å². The Morgan fingerprint density at radius 2 is 1.54 bits per heavy atom. The van der Waals surface area contributed by atoms with Gasteiger partial charge in [0, 0.05) is 36.7 Å². The van der Waals surface area contributed by atoms with Crippen LogP contribution in [0.2, 0.25) is 0 Å². The molecule has 1 aromatic carbocycles. The fourth-order valence-electron chi connectivity index (χ4n) is 2.62. The highest BCUT2D eigenvalue weighted by atomic mass is 79.9. The number of amides is 3. The first-order chi connectivity index (χ1) is 12.3. The van der Waals surface area contributed by atoms with E-state index in [1.54, 1.807) is 37.8 Å². The van der Waals surface area contributed by atoms with Crippen LogP contribution < -0.4 is 10.1 Å². The average molecular weight is 426 g/mol. The lowest BCUT2D eigenvalue weighted by atomic mass is 10.2. The maximum Gasteiger partial charge on any atom is 0.312 e. The Kier molecular flexibility index (Phi) is 7.02. The fourth-order valence-corrected chi connectivity index (χ4v) is 2.89. The van der Waals surface area contributed by atoms with Gasteiger partial charge in [-0.05, 0) is 45.0 Å². The molecule has 0 bridgehead atoms. The summed E-state index contributed by atoms with van der Waals surface area (Å²) in [4.78, 5) is 39.6. The maximum atomic E-state index is 12.5. The van der Waals surface area contributed by atoms with Gasteiger partial charge in [0.15, 0.2) is 6.10 Å². The lowest BCUT2D eigenvalue weighted by Crippen LogP contribution is -2.56. The molecule has 1 aromatic rings. The number of hydrogen-bond donors (Lipinski definition) is 1. The largest absolute Gasteiger partial charge is 0.481 e. The predicted molar refractivity (Wildman–Crippen MR) is 101 cm³/mol. The van der Waals surface area contributed by atoms with Crippen LogP contribution in [0.4, 0.5) is 0 Å². The van der Waals surface area contributed by atoms with Gasteiger partial charge >= 0.3 is 11.8 Å². The molecule has 8 heteroatoms. The summed E-state index contributed by atoms with van der Waals surface area (Å²) in [7, 11) is 0. The number of piperazine rings is 1. The summed E-state index contributed by atoms with van der Waals surface area (Å²) in [5.74, 6) is -0.670. The molecule has 0 radical (unpaired) electrons. The van der Waals surface area contributed by atoms with E-state index in [-0.39, 0.29) is 11.9 Å². The number of carbonyl (C=O) groups is 3. The summed E-state index contributed by atoms with van der Waals surface area (Å²) in [6, 6.07) is 7.18. The molecule has 1 unspecified atom stereocenters. The molecule has 26 heavy (non-hydrogen) atoms. The van der Waals surface area contributed by atoms with E-state index in [1.807, 2.05) is 12.1 Å². The Morgan fingerprint density at radius 3 is 2.08 bits per heavy atom. The number of rotatable bonds is 4. The van der Waals surface area contributed by atoms with E-state index in [0.717, 1.165) is 4.47 Å². The smallest absolute Gasteiger partial charge is 0.312 e. The number of nitrogens with zero attached hydrogens (tertiary/aromatic N) is 2. The lowest BCUT2D eigenvalue weighted by Gasteiger charge is -2.35. The summed E-state index contributed by atoms with van der Waals surface area (Å²) in [5, 5.41) is 2.59. The molecule has 1 heterocycles. The van der Waals surface area contributed by atoms with Crippen LogP contribution in [-0.2, 0) is 14.4 Å². The molecule has 1 aliphatic rings. The van der Waals surface area contributed by atoms with Crippen molar-refractivity contribution in [2.24, 2.45) is 0 Å². The number of nitrogens with one attached hydrogen (secondary N) is 1. The zero-order chi connectivity index (χ0) is 19.3. The molecule has 1 aliphatic heterocycles. The number of halogens is 1. The molecule has 1 atom stereocenters. The van der Waals surface area contributed by atoms with Crippen LogP contribution in [0.3, 0.4) is 0 Å². The minimum Gasteiger partial charge on any atom is -0.481 e. The second-order valence-corrected chi connectivity index (χ2v) is 7.38. The highest BCUT2D eigenvalue weighted by molar-refractivity contribution is 9.10. The summed E-state index contributed by atoms with van der Waals surface area (Å²) in [5.41, 5.74) is 0. The van der Waals surface area contributed by atoms with Crippen molar-refractivity contribution >= 4 is 33.7 Å². The third kappa shape index (κ3) is 5.45. The molecule has 7 nitrogen and oxygen atoms in total. The highest BCUT2D eigenvalue weighted by Gasteiger charge is 2.30. The summed E-state index contributed by atoms with van der Waals surface area (Å²) in [6.07, 6.45) is -0.623. The van der Waals surface area contributed by atoms with Gasteiger partial charge in [-0.3, -0.25) is 14.4 Å². The number of ether oxygens (including phenoxy) is 1. The second-order valence-electron chi connectivity index (χ2n) is 6.46. The van der Waals surface area contributed by atoms with Crippen molar-refractivity contribution in [3.63, 3.8) is 0 Å². The van der Waals surface area contributed by atoms with E-state index in [9.17, 15) is 14.4 Å². The summed E-state index contributed by atoms with van der Waals surface area (Å²) < 4.78 is 6.62. The van der Waals surface area contributed by atoms with Gasteiger partial charge in [0.05, 0.1) is 0 Å². The third-order valence-electron chi connectivity index (χ3n) is 3.97. The quantitative estimate of drug-likeness (QED) is 0.739. The van der Waals surface area contributed by atoms with Gasteiger partial charge in [0.1, 0.15) is 5.75 Å². The molecule has 3 amide bonds. The van der Waals surface area contributed by atoms with Crippen molar-refractivity contribution in [2.45, 2.75) is 32.9 Å². The first-order valence-corrected chi connectivity index (χ1v) is 9.38. The van der Waals surface area contributed by atoms with Crippen molar-refractivity contribution in [1.82, 2.24) is 15.1 Å². The molecular formula is C18H24BrN3O4. The van der Waals surface area contributed by atoms with Crippen LogP contribution in [0.1, 0.15) is 20.8 Å². The van der Waals surface area contributed by atoms with Crippen LogP contribution in [0.15, 0.2) is 28.7 Å². The van der Waals surface area contributed by atoms with E-state index in [1.165, 1.54) is 4.90 Å². The van der Waals surface area contributed by atoms with Crippen LogP contribution in [0, 0.1) is 0 Å². The molecule has 1 saturated heterocycles. The first-order valence-electron chi connectivity index (χ1n) is 8.58. The minimum absolute atomic E-state index is 0.0917. The monoisotopic (exact) mass is 425 g/mol. The Balaban J connectivity index is 1.84. The van der Waals surface area contributed by atoms with Gasteiger partial charge in [-0.1, -0.05) is 15.9 Å². The van der Waals surface area contributed by atoms with Crippen molar-refractivity contribution in [2.75, 3.05) is 26.2 Å². The number of hydrogen-bond acceptors (Lipinski definition) is 4. The summed E-state index contributed by atoms with van der Waals surface area (Å²) in [6.45, 7) is 6.74. The Bertz CT molecular complexity index is 655. The molecular weight excluding hydrogens is 402 g/mol. The Hall–Kier alpha value is -2.09. The normalized spacial score (nSPS) is 15.6. The first kappa shape index (κ1) is 20.2. The van der Waals surface area contributed by atoms with Gasteiger partial charge < -0.3 is 19.9 Å². The third-order valence-corrected chi connectivity index (χ3v) is 4.50. The van der Waals surface area contributed by atoms with Gasteiger partial charge in [0.25, 0.3) is 5.91 Å². The van der Waals surface area contributed by atoms with Gasteiger partial charge in [0.2, 0.25) is 0 Å². The van der Waals surface area contributed by atoms with Crippen molar-refractivity contribution in [3.8, 4) is 5.75 Å². The van der Waals surface area contributed by atoms with E-state index in [0.29, 0.717) is 31.9 Å². The zero-order valence-corrected chi connectivity index (χ0v) is 16.8. The average Bonchev–Trinajstić information content (AvgIpc) is 2.62. The topological polar surface area (TPSA) is 79.0 Å². The van der Waals surface area contributed by atoms with E-state index >= 15 is 0 Å². The van der Waals surface area contributed by atoms with Crippen molar-refractivity contribution in [3.05, 3.63) is 28.7 Å². The number of benzene rings is 1. The van der Waals surface area contributed by atoms with Crippen LogP contribution in [0.25, 0.3) is 0 Å². The van der Waals surface area contributed by atoms with E-state index in [2.05, 4.69) is 21.2 Å². The molecule has 2 rings (SSSR count). The Morgan fingerprint density at radius 1 is 1.00 bits per heavy atom. The minimum atomic E-state index is -0.623. The van der Waals surface area contributed by atoms with Crippen molar-refractivity contribution < 1.29 is 19.1 Å². The summed E-state index contributed by atoms with van der Waals surface area (Å²) >= 11 is 3.35. The van der Waals surface area contributed by atoms with Crippen LogP contribution in [-0.4, -0.2) is 65.8 Å². The second kappa shape index (κ2) is 9.02. The van der Waals surface area contributed by atoms with Gasteiger partial charge in [-0.15, -0.1) is 0 Å². The molecule has 1 fully saturated rings. The lowest BCUT2D eigenvalue weighted by molar-refractivity contribution is -0.149. The molecule has 0 aliphatic carbocycles. The fraction of sp³-hybridized carbons (Fsp3) is 0.500. The zero-order valence-electron chi connectivity index (χ0n) is 15.2. The maximum absolute atomic E-state index is 12.5. The standard InChI is InChI=1S/C18H24BrN3O4/c1-12(2)20-16(23)18(25)22-10-8-21(9-11-22)17(24)13(3)26-15-6-4-14(19)5-7-15/h4-7,12-13H,8-11H2,1-3H3,(H,20,23). The van der Waals surface area contributed by atoms with Crippen molar-refractivity contribution in [1.29, 1.82) is 0 Å². The van der Waals surface area contributed by atoms with E-state index in [4.69, 9.17) is 4.74 Å². The predicted octanol–water partition coefficient (Wildman–Crippen LogP) is 1.41. The Labute approximate surface area is 161 Å². The SMILES string of the molecule is CC(C)NC(=O)C(=O)N1CCN(C(=O)C(C)Oc2ccc(Br)cc2)CC1. The molecule has 1 N–H and O–H groups in total. The molecule has 142 valence electrons. The van der Waals surface area contributed by atoms with Crippen LogP contribution in [0.5, 0.6) is 5.75 Å². The van der Waals surface area contributed by atoms with Crippen LogP contribution >= 0.6 is 15.9 Å². The molecule has 0 saturated carbocycles. The van der Waals surface area contributed by atoms with Gasteiger partial charge in [-0.25, -0.2) is 0 Å². The molecule has 0 aromatic heterocycles. The highest BCUT2D eigenvalue weighted by Crippen LogP contribution is 2.18. The van der Waals surface area contributed by atoms with E-state index < -0.39 is 17.9 Å². The number of carbonyl (C=O) groups excluding carboxylic acids is 3. The molecule has 0 spiro atoms.